The number of rotatable bonds is 5. The first-order chi connectivity index (χ1) is 8.56. The maximum atomic E-state index is 12.0. The molecule has 0 heterocycles. The fourth-order valence-electron chi connectivity index (χ4n) is 1.42. The highest BCUT2D eigenvalue weighted by Crippen LogP contribution is 2.30. The molecule has 0 radical (unpaired) electrons. The molecule has 1 atom stereocenters. The molecule has 0 aliphatic heterocycles. The Kier molecular flexibility index (Phi) is 6.03. The summed E-state index contributed by atoms with van der Waals surface area (Å²) in [5, 5.41) is 8.94. The van der Waals surface area contributed by atoms with E-state index in [2.05, 4.69) is 0 Å². The van der Waals surface area contributed by atoms with Crippen LogP contribution in [0, 0.1) is 11.3 Å². The van der Waals surface area contributed by atoms with Gasteiger partial charge in [-0.2, -0.15) is 5.26 Å². The second-order valence-electron chi connectivity index (χ2n) is 3.86. The summed E-state index contributed by atoms with van der Waals surface area (Å²) in [5.74, 6) is 0.00942. The van der Waals surface area contributed by atoms with Crippen molar-refractivity contribution in [2.45, 2.75) is 23.5 Å². The minimum atomic E-state index is -0.214. The number of carbonyl (C=O) groups is 1. The van der Waals surface area contributed by atoms with E-state index in [1.165, 1.54) is 11.8 Å². The number of hydrogen-bond acceptors (Lipinski definition) is 3. The van der Waals surface area contributed by atoms with Gasteiger partial charge in [0.05, 0.1) is 22.8 Å². The molecule has 96 valence electrons. The fraction of sp³-hybridized carbons (Fsp3) is 0.385. The highest BCUT2D eigenvalue weighted by atomic mass is 35.5. The Morgan fingerprint density at radius 1 is 1.56 bits per heavy atom. The predicted molar refractivity (Wildman–Crippen MR) is 74.6 cm³/mol. The van der Waals surface area contributed by atoms with Gasteiger partial charge in [-0.25, -0.2) is 0 Å². The molecule has 1 rings (SSSR count). The van der Waals surface area contributed by atoms with Crippen molar-refractivity contribution in [1.29, 1.82) is 5.26 Å². The molecule has 3 nitrogen and oxygen atoms in total. The van der Waals surface area contributed by atoms with Crippen molar-refractivity contribution < 1.29 is 4.79 Å². The Morgan fingerprint density at radius 3 is 2.83 bits per heavy atom. The molecule has 0 bridgehead atoms. The van der Waals surface area contributed by atoms with E-state index >= 15 is 0 Å². The highest BCUT2D eigenvalue weighted by molar-refractivity contribution is 8.00. The lowest BCUT2D eigenvalue weighted by molar-refractivity contribution is -0.128. The van der Waals surface area contributed by atoms with Gasteiger partial charge in [0.15, 0.2) is 0 Å². The van der Waals surface area contributed by atoms with Crippen LogP contribution in [-0.2, 0) is 4.79 Å². The number of halogens is 1. The van der Waals surface area contributed by atoms with Crippen LogP contribution >= 0.6 is 23.4 Å². The maximum absolute atomic E-state index is 12.0. The summed E-state index contributed by atoms with van der Waals surface area (Å²) >= 11 is 7.48. The molecule has 0 spiro atoms. The first-order valence-corrected chi connectivity index (χ1v) is 6.85. The van der Waals surface area contributed by atoms with Crippen molar-refractivity contribution >= 4 is 29.3 Å². The molecule has 0 fully saturated rings. The van der Waals surface area contributed by atoms with Gasteiger partial charge in [-0.15, -0.1) is 11.8 Å². The number of nitrogens with zero attached hydrogens (tertiary/aromatic N) is 2. The molecule has 18 heavy (non-hydrogen) atoms. The van der Waals surface area contributed by atoms with Gasteiger partial charge in [0.1, 0.15) is 0 Å². The molecule has 0 aromatic heterocycles. The van der Waals surface area contributed by atoms with Crippen LogP contribution < -0.4 is 0 Å². The molecule has 1 amide bonds. The number of amides is 1. The molecular weight excluding hydrogens is 268 g/mol. The van der Waals surface area contributed by atoms with Crippen molar-refractivity contribution in [2.75, 3.05) is 13.6 Å². The summed E-state index contributed by atoms with van der Waals surface area (Å²) < 4.78 is 0. The minimum absolute atomic E-state index is 0.00942. The van der Waals surface area contributed by atoms with Crippen LogP contribution in [-0.4, -0.2) is 29.6 Å². The number of thioether (sulfide) groups is 1. The lowest BCUT2D eigenvalue weighted by Crippen LogP contribution is -2.33. The second-order valence-corrected chi connectivity index (χ2v) is 5.65. The van der Waals surface area contributed by atoms with Crippen molar-refractivity contribution in [1.82, 2.24) is 4.90 Å². The Balaban J connectivity index is 2.60. The smallest absolute Gasteiger partial charge is 0.235 e. The third kappa shape index (κ3) is 4.25. The number of hydrogen-bond donors (Lipinski definition) is 0. The highest BCUT2D eigenvalue weighted by Gasteiger charge is 2.19. The first kappa shape index (κ1) is 14.9. The Bertz CT molecular complexity index is 459. The van der Waals surface area contributed by atoms with Crippen LogP contribution in [0.5, 0.6) is 0 Å². The fourth-order valence-corrected chi connectivity index (χ4v) is 2.69. The molecular formula is C13H15ClN2OS. The summed E-state index contributed by atoms with van der Waals surface area (Å²) in [5.41, 5.74) is 0. The van der Waals surface area contributed by atoms with Crippen LogP contribution in [0.15, 0.2) is 29.2 Å². The molecule has 5 heteroatoms. The van der Waals surface area contributed by atoms with Gasteiger partial charge >= 0.3 is 0 Å². The molecule has 0 aliphatic carbocycles. The average molecular weight is 283 g/mol. The molecule has 1 unspecified atom stereocenters. The Hall–Kier alpha value is -1.18. The van der Waals surface area contributed by atoms with Gasteiger partial charge in [-0.3, -0.25) is 4.79 Å². The largest absolute Gasteiger partial charge is 0.344 e. The SMILES string of the molecule is CC(Sc1ccccc1Cl)C(=O)N(C)CCC#N. The average Bonchev–Trinajstić information content (AvgIpc) is 2.37. The van der Waals surface area contributed by atoms with Crippen molar-refractivity contribution in [2.24, 2.45) is 0 Å². The lowest BCUT2D eigenvalue weighted by atomic mass is 10.3. The zero-order valence-corrected chi connectivity index (χ0v) is 12.0. The van der Waals surface area contributed by atoms with Gasteiger partial charge < -0.3 is 4.90 Å². The van der Waals surface area contributed by atoms with Crippen LogP contribution in [0.25, 0.3) is 0 Å². The molecule has 0 aliphatic rings. The van der Waals surface area contributed by atoms with Crippen LogP contribution in [0.1, 0.15) is 13.3 Å². The quantitative estimate of drug-likeness (QED) is 0.779. The summed E-state index contributed by atoms with van der Waals surface area (Å²) in [6, 6.07) is 9.48. The van der Waals surface area contributed by atoms with Gasteiger partial charge in [0, 0.05) is 18.5 Å². The summed E-state index contributed by atoms with van der Waals surface area (Å²) in [6.07, 6.45) is 0.353. The Morgan fingerprint density at radius 2 is 2.22 bits per heavy atom. The number of benzene rings is 1. The molecule has 1 aromatic carbocycles. The van der Waals surface area contributed by atoms with Gasteiger partial charge in [0.2, 0.25) is 5.91 Å². The molecule has 0 N–H and O–H groups in total. The first-order valence-electron chi connectivity index (χ1n) is 5.59. The van der Waals surface area contributed by atoms with E-state index in [1.54, 1.807) is 18.0 Å². The number of nitriles is 1. The summed E-state index contributed by atoms with van der Waals surface area (Å²) in [4.78, 5) is 14.5. The van der Waals surface area contributed by atoms with E-state index in [4.69, 9.17) is 16.9 Å². The molecule has 0 saturated carbocycles. The van der Waals surface area contributed by atoms with E-state index in [-0.39, 0.29) is 11.2 Å². The zero-order valence-electron chi connectivity index (χ0n) is 10.4. The minimum Gasteiger partial charge on any atom is -0.344 e. The third-order valence-electron chi connectivity index (χ3n) is 2.42. The van der Waals surface area contributed by atoms with Gasteiger partial charge in [-0.05, 0) is 19.1 Å². The topological polar surface area (TPSA) is 44.1 Å². The second kappa shape index (κ2) is 7.30. The maximum Gasteiger partial charge on any atom is 0.235 e. The van der Waals surface area contributed by atoms with E-state index in [1.807, 2.05) is 31.2 Å². The normalized spacial score (nSPS) is 11.7. The van der Waals surface area contributed by atoms with E-state index in [0.717, 1.165) is 4.90 Å². The van der Waals surface area contributed by atoms with E-state index < -0.39 is 0 Å². The van der Waals surface area contributed by atoms with Gasteiger partial charge in [-0.1, -0.05) is 23.7 Å². The lowest BCUT2D eigenvalue weighted by Gasteiger charge is -2.20. The predicted octanol–water partition coefficient (Wildman–Crippen LogP) is 3.19. The molecule has 0 saturated heterocycles. The van der Waals surface area contributed by atoms with E-state index in [9.17, 15) is 4.79 Å². The van der Waals surface area contributed by atoms with Crippen molar-refractivity contribution in [3.63, 3.8) is 0 Å². The standard InChI is InChI=1S/C13H15ClN2OS/c1-10(13(17)16(2)9-5-8-15)18-12-7-4-3-6-11(12)14/h3-4,6-7,10H,5,9H2,1-2H3. The molecule has 1 aromatic rings. The van der Waals surface area contributed by atoms with E-state index in [0.29, 0.717) is 18.0 Å². The number of carbonyl (C=O) groups excluding carboxylic acids is 1. The van der Waals surface area contributed by atoms with Crippen LogP contribution in [0.2, 0.25) is 5.02 Å². The van der Waals surface area contributed by atoms with Crippen molar-refractivity contribution in [3.8, 4) is 6.07 Å². The summed E-state index contributed by atoms with van der Waals surface area (Å²) in [6.45, 7) is 2.31. The monoisotopic (exact) mass is 282 g/mol. The Labute approximate surface area is 117 Å². The summed E-state index contributed by atoms with van der Waals surface area (Å²) in [7, 11) is 1.71. The van der Waals surface area contributed by atoms with Crippen molar-refractivity contribution in [3.05, 3.63) is 29.3 Å². The van der Waals surface area contributed by atoms with Crippen LogP contribution in [0.4, 0.5) is 0 Å². The zero-order chi connectivity index (χ0) is 13.5. The van der Waals surface area contributed by atoms with Gasteiger partial charge in [0.25, 0.3) is 0 Å². The third-order valence-corrected chi connectivity index (χ3v) is 4.03. The van der Waals surface area contributed by atoms with Crippen LogP contribution in [0.3, 0.4) is 0 Å².